The van der Waals surface area contributed by atoms with Crippen molar-refractivity contribution in [2.75, 3.05) is 0 Å². The minimum absolute atomic E-state index is 0.0205. The number of halogens is 9. The summed E-state index contributed by atoms with van der Waals surface area (Å²) in [4.78, 5) is 62.1. The number of amides is 1. The number of nitrogens with zero attached hydrogens (tertiary/aromatic N) is 8. The van der Waals surface area contributed by atoms with Crippen LogP contribution < -0.4 is 0 Å². The molecule has 1 amide bonds. The number of ketones is 2. The van der Waals surface area contributed by atoms with Gasteiger partial charge in [0.25, 0.3) is 0 Å². The van der Waals surface area contributed by atoms with Crippen molar-refractivity contribution in [1.82, 2.24) is 39.1 Å². The van der Waals surface area contributed by atoms with E-state index in [-0.39, 0.29) is 86.8 Å². The van der Waals surface area contributed by atoms with E-state index in [0.29, 0.717) is 36.1 Å². The lowest BCUT2D eigenvalue weighted by atomic mass is 9.81. The molecule has 2 aliphatic carbocycles. The van der Waals surface area contributed by atoms with Gasteiger partial charge in [0.1, 0.15) is 21.7 Å². The minimum Gasteiger partial charge on any atom is -0.444 e. The molecule has 4 saturated heterocycles. The number of carbonyl (C=O) groups excluding carboxylic acids is 3. The van der Waals surface area contributed by atoms with Gasteiger partial charge in [-0.05, 0) is 131 Å². The van der Waals surface area contributed by atoms with Gasteiger partial charge in [-0.3, -0.25) is 14.5 Å². The van der Waals surface area contributed by atoms with Crippen molar-refractivity contribution in [2.24, 2.45) is 11.8 Å². The molecule has 2 atom stereocenters. The van der Waals surface area contributed by atoms with E-state index >= 15 is 0 Å². The Bertz CT molecular complexity index is 2930. The highest BCUT2D eigenvalue weighted by molar-refractivity contribution is 7.89. The first-order valence-electron chi connectivity index (χ1n) is 22.2. The number of hydrogen-bond acceptors (Lipinski definition) is 12. The summed E-state index contributed by atoms with van der Waals surface area (Å²) in [6.45, 7) is 5.36. The van der Waals surface area contributed by atoms with Gasteiger partial charge in [0.15, 0.2) is 11.6 Å². The smallest absolute Gasteiger partial charge is 0.444 e. The number of alkyl halides is 6. The molecule has 5 aromatic rings. The second-order valence-electron chi connectivity index (χ2n) is 18.7. The molecule has 8 heterocycles. The van der Waals surface area contributed by atoms with Gasteiger partial charge in [0, 0.05) is 60.8 Å². The summed E-state index contributed by atoms with van der Waals surface area (Å²) in [7, 11) is -3.98. The summed E-state index contributed by atoms with van der Waals surface area (Å²) in [5.74, 6) is -3.31. The van der Waals surface area contributed by atoms with Gasteiger partial charge < -0.3 is 4.74 Å². The SMILES string of the molecule is CC(C)(C)OC(=O)N1C2CC(C2)C1C(=O)CCc1cc(Cl)nc(-c2cnc(C(F)(F)F)nc2)c1.O=C(CCc1cc(Cl)nc(-c2cnc(C(F)(F)F)nc2)c1)[C@@H]1C2CC(C2)N1S(=O)(=O)c1ccc(F)cc1. The highest BCUT2D eigenvalue weighted by Crippen LogP contribution is 2.50. The Morgan fingerprint density at radius 1 is 0.662 bits per heavy atom. The quantitative estimate of drug-likeness (QED) is 0.0855. The maximum atomic E-state index is 13.3. The Morgan fingerprint density at radius 3 is 1.52 bits per heavy atom. The van der Waals surface area contributed by atoms with Crippen LogP contribution in [0.2, 0.25) is 10.3 Å². The molecule has 0 N–H and O–H groups in total. The van der Waals surface area contributed by atoms with E-state index in [2.05, 4.69) is 29.9 Å². The standard InChI is InChI=1S/C24H19ClF4N4O3S.C23H24ClF3N4O3/c25-21-8-13(7-19(32-21)15-11-30-23(31-12-15)24(27,28)29)1-6-20(34)22-14-9-17(10-14)33(22)37(35,36)18-4-2-16(26)3-5-18;1-22(2,3)34-21(33)31-15-8-13(9-15)19(31)17(32)5-4-12-6-16(30-18(24)7-12)14-10-28-20(29-11-14)23(25,26)27/h2-5,7-8,11-12,14,17,22H,1,6,9-10H2;6-7,10-11,13,15,19H,4-5,8-9H2,1-3H3/t14?,17?,22-;/m0./s1. The summed E-state index contributed by atoms with van der Waals surface area (Å²) in [6.07, 6.45) is -2.18. The van der Waals surface area contributed by atoms with Crippen molar-refractivity contribution in [3.8, 4) is 22.5 Å². The molecular weight excluding hydrogens is 1010 g/mol. The summed E-state index contributed by atoms with van der Waals surface area (Å²) >= 11 is 12.2. The number of hydrogen-bond donors (Lipinski definition) is 0. The summed E-state index contributed by atoms with van der Waals surface area (Å²) in [6, 6.07) is 9.33. The average molecular weight is 1050 g/mol. The molecule has 4 aliphatic heterocycles. The van der Waals surface area contributed by atoms with Gasteiger partial charge in [0.05, 0.1) is 28.4 Å². The lowest BCUT2D eigenvalue weighted by Gasteiger charge is -2.29. The van der Waals surface area contributed by atoms with Gasteiger partial charge in [-0.1, -0.05) is 23.2 Å². The second-order valence-corrected chi connectivity index (χ2v) is 21.3. The second kappa shape index (κ2) is 19.7. The number of aryl methyl sites for hydroxylation is 2. The van der Waals surface area contributed by atoms with Crippen molar-refractivity contribution in [1.29, 1.82) is 0 Å². The van der Waals surface area contributed by atoms with E-state index in [1.54, 1.807) is 43.9 Å². The topological polar surface area (TPSA) is 178 Å². The van der Waals surface area contributed by atoms with E-state index in [1.807, 2.05) is 0 Å². The lowest BCUT2D eigenvalue weighted by molar-refractivity contribution is -0.145. The number of fused-ring (bicyclic) bond motifs is 2. The highest BCUT2D eigenvalue weighted by Gasteiger charge is 2.58. The third kappa shape index (κ3) is 11.5. The van der Waals surface area contributed by atoms with Gasteiger partial charge in [0.2, 0.25) is 21.7 Å². The Hall–Kier alpha value is -5.71. The predicted octanol–water partition coefficient (Wildman–Crippen LogP) is 9.81. The zero-order valence-corrected chi connectivity index (χ0v) is 40.2. The maximum absolute atomic E-state index is 13.3. The molecule has 0 spiro atoms. The molecule has 1 unspecified atom stereocenters. The van der Waals surface area contributed by atoms with Crippen LogP contribution in [0.1, 0.15) is 82.1 Å². The molecule has 24 heteroatoms. The molecule has 2 saturated carbocycles. The largest absolute Gasteiger partial charge is 0.451 e. The fraction of sp³-hybridized carbons (Fsp3) is 0.426. The van der Waals surface area contributed by atoms with Crippen LogP contribution in [-0.2, 0) is 49.5 Å². The first kappa shape index (κ1) is 51.6. The molecule has 4 aromatic heterocycles. The zero-order valence-electron chi connectivity index (χ0n) is 37.9. The molecular formula is C47H43Cl2F7N8O6S. The minimum atomic E-state index is -4.68. The summed E-state index contributed by atoms with van der Waals surface area (Å²) < 4.78 is 123. The van der Waals surface area contributed by atoms with E-state index < -0.39 is 63.6 Å². The fourth-order valence-electron chi connectivity index (χ4n) is 9.30. The molecule has 0 radical (unpaired) electrons. The first-order valence-corrected chi connectivity index (χ1v) is 24.4. The van der Waals surface area contributed by atoms with Crippen molar-refractivity contribution in [2.45, 2.75) is 119 Å². The van der Waals surface area contributed by atoms with Crippen molar-refractivity contribution < 1.29 is 58.3 Å². The maximum Gasteiger partial charge on any atom is 0.451 e. The van der Waals surface area contributed by atoms with Crippen LogP contribution >= 0.6 is 23.2 Å². The van der Waals surface area contributed by atoms with Crippen molar-refractivity contribution >= 4 is 50.9 Å². The third-order valence-corrected chi connectivity index (χ3v) is 14.9. The Labute approximate surface area is 412 Å². The fourth-order valence-corrected chi connectivity index (χ4v) is 11.6. The van der Waals surface area contributed by atoms with Crippen LogP contribution in [0.4, 0.5) is 35.5 Å². The molecule has 11 rings (SSSR count). The molecule has 6 fully saturated rings. The number of carbonyl (C=O) groups is 3. The molecule has 14 nitrogen and oxygen atoms in total. The van der Waals surface area contributed by atoms with Gasteiger partial charge in [-0.25, -0.2) is 47.5 Å². The normalized spacial score (nSPS) is 21.7. The van der Waals surface area contributed by atoms with Crippen molar-refractivity contribution in [3.63, 3.8) is 0 Å². The number of benzene rings is 1. The summed E-state index contributed by atoms with van der Waals surface area (Å²) in [5, 5.41) is 0.210. The molecule has 376 valence electrons. The van der Waals surface area contributed by atoms with Gasteiger partial charge in [-0.15, -0.1) is 0 Å². The lowest BCUT2D eigenvalue weighted by Crippen LogP contribution is -2.44. The number of ether oxygens (including phenoxy) is 1. The van der Waals surface area contributed by atoms with Crippen LogP contribution in [-0.4, -0.2) is 95.0 Å². The van der Waals surface area contributed by atoms with Crippen molar-refractivity contribution in [3.05, 3.63) is 112 Å². The predicted molar refractivity (Wildman–Crippen MR) is 241 cm³/mol. The number of sulfonamides is 1. The average Bonchev–Trinajstić information content (AvgIpc) is 4.05. The van der Waals surface area contributed by atoms with Crippen LogP contribution in [0.5, 0.6) is 0 Å². The van der Waals surface area contributed by atoms with E-state index in [0.717, 1.165) is 49.8 Å². The molecule has 4 bridgehead atoms. The monoisotopic (exact) mass is 1050 g/mol. The molecule has 71 heavy (non-hydrogen) atoms. The van der Waals surface area contributed by atoms with Crippen LogP contribution in [0.25, 0.3) is 22.5 Å². The third-order valence-electron chi connectivity index (χ3n) is 12.6. The van der Waals surface area contributed by atoms with Crippen LogP contribution in [0.3, 0.4) is 0 Å². The van der Waals surface area contributed by atoms with Crippen LogP contribution in [0, 0.1) is 17.7 Å². The molecule has 6 aliphatic rings. The number of aromatic nitrogens is 6. The van der Waals surface area contributed by atoms with Gasteiger partial charge >= 0.3 is 18.4 Å². The van der Waals surface area contributed by atoms with E-state index in [1.165, 1.54) is 22.5 Å². The van der Waals surface area contributed by atoms with E-state index in [9.17, 15) is 53.5 Å². The Balaban J connectivity index is 0.000000191. The zero-order chi connectivity index (χ0) is 51.4. The number of Topliss-reactive ketones (excluding diaryl/α,β-unsaturated/α-hetero) is 2. The first-order chi connectivity index (χ1) is 33.2. The Morgan fingerprint density at radius 2 is 1.08 bits per heavy atom. The number of rotatable bonds is 12. The number of pyridine rings is 2. The molecule has 1 aromatic carbocycles. The van der Waals surface area contributed by atoms with Crippen LogP contribution in [0.15, 0.2) is 78.2 Å². The summed E-state index contributed by atoms with van der Waals surface area (Å²) in [5.41, 5.74) is 1.68. The van der Waals surface area contributed by atoms with E-state index in [4.69, 9.17) is 27.9 Å². The highest BCUT2D eigenvalue weighted by atomic mass is 35.5. The van der Waals surface area contributed by atoms with Gasteiger partial charge in [-0.2, -0.15) is 30.6 Å². The Kier molecular flexibility index (Phi) is 14.3.